The minimum Gasteiger partial charge on any atom is -0.367 e. The molecule has 2 aliphatic rings. The first-order valence-electron chi connectivity index (χ1n) is 10.7. The lowest BCUT2D eigenvalue weighted by Crippen LogP contribution is -2.40. The topological polar surface area (TPSA) is 74.2 Å². The van der Waals surface area contributed by atoms with Crippen LogP contribution in [0.1, 0.15) is 54.0 Å². The SMILES string of the molecule is Cc1cc(N2CCC(Nc3ncccc3C(=O)N3CCCCC3)CC2)nc(C)n1. The number of nitrogens with zero attached hydrogens (tertiary/aromatic N) is 5. The molecule has 0 spiro atoms. The molecule has 0 bridgehead atoms. The highest BCUT2D eigenvalue weighted by molar-refractivity contribution is 5.98. The van der Waals surface area contributed by atoms with Crippen LogP contribution in [0.3, 0.4) is 0 Å². The minimum atomic E-state index is 0.102. The van der Waals surface area contributed by atoms with E-state index in [2.05, 4.69) is 31.2 Å². The molecule has 0 atom stereocenters. The van der Waals surface area contributed by atoms with Crippen molar-refractivity contribution in [2.24, 2.45) is 0 Å². The lowest BCUT2D eigenvalue weighted by Gasteiger charge is -2.34. The lowest BCUT2D eigenvalue weighted by atomic mass is 10.0. The Hall–Kier alpha value is -2.70. The van der Waals surface area contributed by atoms with Gasteiger partial charge >= 0.3 is 0 Å². The maximum absolute atomic E-state index is 13.0. The van der Waals surface area contributed by atoms with Crippen molar-refractivity contribution < 1.29 is 4.79 Å². The number of carbonyl (C=O) groups excluding carboxylic acids is 1. The van der Waals surface area contributed by atoms with Gasteiger partial charge in [0.15, 0.2) is 0 Å². The van der Waals surface area contributed by atoms with E-state index < -0.39 is 0 Å². The number of anilines is 2. The summed E-state index contributed by atoms with van der Waals surface area (Å²) >= 11 is 0. The van der Waals surface area contributed by atoms with Crippen LogP contribution in [-0.4, -0.2) is 58.0 Å². The number of aryl methyl sites for hydroxylation is 2. The number of carbonyl (C=O) groups is 1. The van der Waals surface area contributed by atoms with Gasteiger partial charge in [0.05, 0.1) is 5.56 Å². The van der Waals surface area contributed by atoms with Crippen LogP contribution in [0, 0.1) is 13.8 Å². The second-order valence-corrected chi connectivity index (χ2v) is 8.07. The molecule has 4 rings (SSSR count). The van der Waals surface area contributed by atoms with Crippen molar-refractivity contribution in [3.63, 3.8) is 0 Å². The predicted molar refractivity (Wildman–Crippen MR) is 114 cm³/mol. The Morgan fingerprint density at radius 2 is 1.83 bits per heavy atom. The Morgan fingerprint density at radius 3 is 2.55 bits per heavy atom. The molecule has 2 aromatic heterocycles. The van der Waals surface area contributed by atoms with Crippen LogP contribution in [0.2, 0.25) is 0 Å². The summed E-state index contributed by atoms with van der Waals surface area (Å²) in [6.45, 7) is 7.50. The summed E-state index contributed by atoms with van der Waals surface area (Å²) < 4.78 is 0. The molecule has 2 aromatic rings. The Morgan fingerprint density at radius 1 is 1.07 bits per heavy atom. The fourth-order valence-electron chi connectivity index (χ4n) is 4.27. The molecule has 1 amide bonds. The van der Waals surface area contributed by atoms with Crippen LogP contribution >= 0.6 is 0 Å². The highest BCUT2D eigenvalue weighted by atomic mass is 16.2. The van der Waals surface area contributed by atoms with Crippen LogP contribution in [0.25, 0.3) is 0 Å². The Bertz CT molecular complexity index is 836. The molecule has 0 unspecified atom stereocenters. The van der Waals surface area contributed by atoms with Gasteiger partial charge in [-0.3, -0.25) is 4.79 Å². The summed E-state index contributed by atoms with van der Waals surface area (Å²) in [5.74, 6) is 2.64. The molecule has 7 nitrogen and oxygen atoms in total. The van der Waals surface area contributed by atoms with Gasteiger partial charge in [0.25, 0.3) is 5.91 Å². The molecule has 4 heterocycles. The molecule has 154 valence electrons. The smallest absolute Gasteiger partial charge is 0.257 e. The largest absolute Gasteiger partial charge is 0.367 e. The highest BCUT2D eigenvalue weighted by Gasteiger charge is 2.25. The van der Waals surface area contributed by atoms with Gasteiger partial charge in [-0.25, -0.2) is 15.0 Å². The zero-order chi connectivity index (χ0) is 20.2. The van der Waals surface area contributed by atoms with E-state index in [1.54, 1.807) is 6.20 Å². The van der Waals surface area contributed by atoms with Gasteiger partial charge in [-0.2, -0.15) is 0 Å². The number of aromatic nitrogens is 3. The summed E-state index contributed by atoms with van der Waals surface area (Å²) in [6, 6.07) is 6.10. The molecule has 7 heteroatoms. The van der Waals surface area contributed by atoms with Gasteiger partial charge in [-0.1, -0.05) is 0 Å². The zero-order valence-corrected chi connectivity index (χ0v) is 17.4. The predicted octanol–water partition coefficient (Wildman–Crippen LogP) is 3.20. The second-order valence-electron chi connectivity index (χ2n) is 8.07. The monoisotopic (exact) mass is 394 g/mol. The first-order valence-corrected chi connectivity index (χ1v) is 10.7. The third-order valence-electron chi connectivity index (χ3n) is 5.79. The first kappa shape index (κ1) is 19.6. The van der Waals surface area contributed by atoms with E-state index in [1.165, 1.54) is 6.42 Å². The summed E-state index contributed by atoms with van der Waals surface area (Å²) in [6.07, 6.45) is 7.12. The third-order valence-corrected chi connectivity index (χ3v) is 5.79. The van der Waals surface area contributed by atoms with Gasteiger partial charge in [-0.15, -0.1) is 0 Å². The molecule has 2 fully saturated rings. The quantitative estimate of drug-likeness (QED) is 0.858. The molecular weight excluding hydrogens is 364 g/mol. The number of piperidine rings is 2. The molecule has 0 aliphatic carbocycles. The van der Waals surface area contributed by atoms with Crippen molar-refractivity contribution >= 4 is 17.5 Å². The number of rotatable bonds is 4. The van der Waals surface area contributed by atoms with E-state index in [0.29, 0.717) is 11.6 Å². The molecular formula is C22H30N6O. The molecule has 1 N–H and O–H groups in total. The maximum Gasteiger partial charge on any atom is 0.257 e. The Balaban J connectivity index is 1.40. The standard InChI is InChI=1S/C22H30N6O/c1-16-15-20(25-17(2)24-16)27-13-8-18(9-14-27)26-21-19(7-6-10-23-21)22(29)28-11-4-3-5-12-28/h6-7,10,15,18H,3-5,8-9,11-14H2,1-2H3,(H,23,26). The van der Waals surface area contributed by atoms with Gasteiger partial charge in [0, 0.05) is 50.2 Å². The summed E-state index contributed by atoms with van der Waals surface area (Å²) in [4.78, 5) is 30.7. The Kier molecular flexibility index (Phi) is 5.92. The summed E-state index contributed by atoms with van der Waals surface area (Å²) in [7, 11) is 0. The van der Waals surface area contributed by atoms with Gasteiger partial charge < -0.3 is 15.1 Å². The number of pyridine rings is 1. The van der Waals surface area contributed by atoms with Crippen LogP contribution in [-0.2, 0) is 0 Å². The molecule has 0 saturated carbocycles. The highest BCUT2D eigenvalue weighted by Crippen LogP contribution is 2.23. The lowest BCUT2D eigenvalue weighted by molar-refractivity contribution is 0.0725. The van der Waals surface area contributed by atoms with E-state index in [0.717, 1.165) is 75.0 Å². The number of amides is 1. The Labute approximate surface area is 172 Å². The fraction of sp³-hybridized carbons (Fsp3) is 0.545. The minimum absolute atomic E-state index is 0.102. The summed E-state index contributed by atoms with van der Waals surface area (Å²) in [5.41, 5.74) is 1.70. The van der Waals surface area contributed by atoms with Crippen molar-refractivity contribution in [2.45, 2.75) is 52.0 Å². The number of hydrogen-bond donors (Lipinski definition) is 1. The van der Waals surface area contributed by atoms with Crippen LogP contribution in [0.15, 0.2) is 24.4 Å². The van der Waals surface area contributed by atoms with Crippen molar-refractivity contribution in [1.29, 1.82) is 0 Å². The average molecular weight is 395 g/mol. The summed E-state index contributed by atoms with van der Waals surface area (Å²) in [5, 5.41) is 3.55. The van der Waals surface area contributed by atoms with Crippen LogP contribution < -0.4 is 10.2 Å². The van der Waals surface area contributed by atoms with Crippen LogP contribution in [0.4, 0.5) is 11.6 Å². The van der Waals surface area contributed by atoms with Crippen molar-refractivity contribution in [3.05, 3.63) is 41.5 Å². The van der Waals surface area contributed by atoms with Gasteiger partial charge in [0.1, 0.15) is 17.5 Å². The van der Waals surface area contributed by atoms with E-state index >= 15 is 0 Å². The van der Waals surface area contributed by atoms with Crippen molar-refractivity contribution in [3.8, 4) is 0 Å². The van der Waals surface area contributed by atoms with Crippen molar-refractivity contribution in [2.75, 3.05) is 36.4 Å². The molecule has 2 saturated heterocycles. The molecule has 2 aliphatic heterocycles. The molecule has 29 heavy (non-hydrogen) atoms. The van der Waals surface area contributed by atoms with Crippen molar-refractivity contribution in [1.82, 2.24) is 19.9 Å². The third kappa shape index (κ3) is 4.66. The number of nitrogens with one attached hydrogen (secondary N) is 1. The first-order chi connectivity index (χ1) is 14.1. The number of hydrogen-bond acceptors (Lipinski definition) is 6. The van der Waals surface area contributed by atoms with Gasteiger partial charge in [0.2, 0.25) is 0 Å². The van der Waals surface area contributed by atoms with E-state index in [-0.39, 0.29) is 5.91 Å². The normalized spacial score (nSPS) is 18.0. The van der Waals surface area contributed by atoms with Crippen LogP contribution in [0.5, 0.6) is 0 Å². The zero-order valence-electron chi connectivity index (χ0n) is 17.4. The maximum atomic E-state index is 13.0. The van der Waals surface area contributed by atoms with E-state index in [4.69, 9.17) is 0 Å². The fourth-order valence-corrected chi connectivity index (χ4v) is 4.27. The second kappa shape index (κ2) is 8.76. The van der Waals surface area contributed by atoms with E-state index in [9.17, 15) is 4.79 Å². The molecule has 0 radical (unpaired) electrons. The van der Waals surface area contributed by atoms with Gasteiger partial charge in [-0.05, 0) is 58.1 Å². The average Bonchev–Trinajstić information content (AvgIpc) is 2.74. The number of likely N-dealkylation sites (tertiary alicyclic amines) is 1. The molecule has 0 aromatic carbocycles. The van der Waals surface area contributed by atoms with E-state index in [1.807, 2.05) is 30.9 Å².